The molecular weight excluding hydrogens is 507 g/mol. The molecule has 9 nitrogen and oxygen atoms in total. The molecule has 2 atom stereocenters. The van der Waals surface area contributed by atoms with Gasteiger partial charge in [0.25, 0.3) is 11.8 Å². The van der Waals surface area contributed by atoms with Gasteiger partial charge in [0.15, 0.2) is 0 Å². The Morgan fingerprint density at radius 1 is 1.03 bits per heavy atom. The number of halogens is 1. The van der Waals surface area contributed by atoms with Crippen molar-refractivity contribution >= 4 is 34.7 Å². The number of amides is 3. The van der Waals surface area contributed by atoms with E-state index in [0.29, 0.717) is 23.8 Å². The van der Waals surface area contributed by atoms with Crippen LogP contribution in [0.2, 0.25) is 0 Å². The van der Waals surface area contributed by atoms with Gasteiger partial charge < -0.3 is 15.1 Å². The first-order valence-corrected chi connectivity index (χ1v) is 13.4. The fraction of sp³-hybridized carbons (Fsp3) is 0.370. The average Bonchev–Trinajstić information content (AvgIpc) is 3.59. The van der Waals surface area contributed by atoms with Crippen molar-refractivity contribution in [3.05, 3.63) is 75.2 Å². The van der Waals surface area contributed by atoms with Crippen molar-refractivity contribution in [3.8, 4) is 0 Å². The summed E-state index contributed by atoms with van der Waals surface area (Å²) in [6, 6.07) is 9.32. The van der Waals surface area contributed by atoms with Crippen molar-refractivity contribution in [1.29, 1.82) is 0 Å². The molecule has 1 N–H and O–H groups in total. The first kappa shape index (κ1) is 25.9. The Hall–Kier alpha value is -3.70. The Bertz CT molecular complexity index is 1380. The lowest BCUT2D eigenvalue weighted by molar-refractivity contribution is -0.139. The summed E-state index contributed by atoms with van der Waals surface area (Å²) >= 11 is 1.34. The standard InChI is InChI=1S/C27H29FN6O3S/c1-16-19(28)10-11-20(29-16)26(36)34-12-4-5-22(34)25-31-21(15-38-25)24(35)30-18-8-6-17(7-9-18)23-27(37)33(3)14-13-32(23)2/h6-11,15,22-23H,4-5,12-14H2,1-3H3,(H,30,35). The summed E-state index contributed by atoms with van der Waals surface area (Å²) in [4.78, 5) is 52.7. The molecule has 0 spiro atoms. The number of piperazine rings is 1. The molecule has 0 saturated carbocycles. The summed E-state index contributed by atoms with van der Waals surface area (Å²) in [5.41, 5.74) is 2.12. The van der Waals surface area contributed by atoms with Gasteiger partial charge in [-0.25, -0.2) is 14.4 Å². The number of aryl methyl sites for hydroxylation is 1. The number of nitrogens with zero attached hydrogens (tertiary/aromatic N) is 5. The SMILES string of the molecule is Cc1nc(C(=O)N2CCCC2c2nc(C(=O)Nc3ccc(C4C(=O)N(C)CCN4C)cc3)cs2)ccc1F. The number of rotatable bonds is 5. The second kappa shape index (κ2) is 10.6. The van der Waals surface area contributed by atoms with Gasteiger partial charge in [0.05, 0.1) is 11.7 Å². The van der Waals surface area contributed by atoms with Crippen molar-refractivity contribution < 1.29 is 18.8 Å². The molecule has 1 aromatic carbocycles. The van der Waals surface area contributed by atoms with Gasteiger partial charge in [-0.05, 0) is 56.6 Å². The van der Waals surface area contributed by atoms with Crippen LogP contribution in [0.5, 0.6) is 0 Å². The molecule has 2 aromatic heterocycles. The molecular formula is C27H29FN6O3S. The minimum atomic E-state index is -0.452. The van der Waals surface area contributed by atoms with E-state index in [-0.39, 0.29) is 46.9 Å². The van der Waals surface area contributed by atoms with E-state index in [1.54, 1.807) is 34.4 Å². The molecule has 11 heteroatoms. The van der Waals surface area contributed by atoms with Gasteiger partial charge in [-0.2, -0.15) is 0 Å². The van der Waals surface area contributed by atoms with Crippen LogP contribution < -0.4 is 5.32 Å². The van der Waals surface area contributed by atoms with E-state index < -0.39 is 5.82 Å². The van der Waals surface area contributed by atoms with Crippen LogP contribution in [0.25, 0.3) is 0 Å². The molecule has 2 aliphatic heterocycles. The van der Waals surface area contributed by atoms with Crippen molar-refractivity contribution in [3.63, 3.8) is 0 Å². The van der Waals surface area contributed by atoms with Gasteiger partial charge in [-0.1, -0.05) is 12.1 Å². The topological polar surface area (TPSA) is 98.7 Å². The zero-order valence-electron chi connectivity index (χ0n) is 21.5. The minimum absolute atomic E-state index is 0.0512. The maximum absolute atomic E-state index is 13.6. The van der Waals surface area contributed by atoms with Crippen molar-refractivity contribution in [1.82, 2.24) is 24.7 Å². The average molecular weight is 537 g/mol. The van der Waals surface area contributed by atoms with Gasteiger partial charge in [-0.15, -0.1) is 11.3 Å². The Kier molecular flexibility index (Phi) is 7.22. The first-order valence-electron chi connectivity index (χ1n) is 12.5. The monoisotopic (exact) mass is 536 g/mol. The zero-order valence-corrected chi connectivity index (χ0v) is 22.3. The van der Waals surface area contributed by atoms with E-state index in [2.05, 4.69) is 15.3 Å². The van der Waals surface area contributed by atoms with Crippen LogP contribution in [0.4, 0.5) is 10.1 Å². The Labute approximate surface area is 224 Å². The number of anilines is 1. The highest BCUT2D eigenvalue weighted by Crippen LogP contribution is 2.35. The normalized spacial score (nSPS) is 20.2. The zero-order chi connectivity index (χ0) is 27.0. The summed E-state index contributed by atoms with van der Waals surface area (Å²) in [5, 5.41) is 5.23. The lowest BCUT2D eigenvalue weighted by Crippen LogP contribution is -2.48. The molecule has 3 amide bonds. The molecule has 2 aliphatic rings. The number of aromatic nitrogens is 2. The predicted octanol–water partition coefficient (Wildman–Crippen LogP) is 3.66. The van der Waals surface area contributed by atoms with Gasteiger partial charge in [0.2, 0.25) is 5.91 Å². The highest BCUT2D eigenvalue weighted by molar-refractivity contribution is 7.10. The first-order chi connectivity index (χ1) is 18.2. The molecule has 4 heterocycles. The molecule has 198 valence electrons. The summed E-state index contributed by atoms with van der Waals surface area (Å²) in [6.45, 7) is 3.57. The van der Waals surface area contributed by atoms with Crippen LogP contribution in [-0.4, -0.2) is 76.1 Å². The number of carbonyl (C=O) groups excluding carboxylic acids is 3. The van der Waals surface area contributed by atoms with E-state index in [1.165, 1.54) is 30.4 Å². The quantitative estimate of drug-likeness (QED) is 0.535. The maximum atomic E-state index is 13.6. The Morgan fingerprint density at radius 2 is 1.79 bits per heavy atom. The maximum Gasteiger partial charge on any atom is 0.275 e. The largest absolute Gasteiger partial charge is 0.343 e. The third-order valence-corrected chi connectivity index (χ3v) is 8.06. The summed E-state index contributed by atoms with van der Waals surface area (Å²) in [5.74, 6) is -1.02. The number of carbonyl (C=O) groups is 3. The Morgan fingerprint density at radius 3 is 2.53 bits per heavy atom. The van der Waals surface area contributed by atoms with Crippen molar-refractivity contribution in [2.75, 3.05) is 39.0 Å². The fourth-order valence-electron chi connectivity index (χ4n) is 4.91. The molecule has 38 heavy (non-hydrogen) atoms. The molecule has 2 unspecified atom stereocenters. The number of likely N-dealkylation sites (tertiary alicyclic amines) is 1. The van der Waals surface area contributed by atoms with Crippen LogP contribution in [0.3, 0.4) is 0 Å². The lowest BCUT2D eigenvalue weighted by Gasteiger charge is -2.37. The number of hydrogen-bond acceptors (Lipinski definition) is 7. The summed E-state index contributed by atoms with van der Waals surface area (Å²) in [7, 11) is 3.74. The summed E-state index contributed by atoms with van der Waals surface area (Å²) < 4.78 is 13.6. The van der Waals surface area contributed by atoms with Crippen LogP contribution in [0.15, 0.2) is 41.8 Å². The van der Waals surface area contributed by atoms with Crippen LogP contribution in [0, 0.1) is 12.7 Å². The van der Waals surface area contributed by atoms with E-state index in [4.69, 9.17) is 0 Å². The summed E-state index contributed by atoms with van der Waals surface area (Å²) in [6.07, 6.45) is 1.53. The molecule has 0 bridgehead atoms. The number of pyridine rings is 1. The van der Waals surface area contributed by atoms with Gasteiger partial charge in [0, 0.05) is 37.7 Å². The van der Waals surface area contributed by atoms with Gasteiger partial charge in [0.1, 0.15) is 28.3 Å². The number of nitrogens with one attached hydrogen (secondary N) is 1. The van der Waals surface area contributed by atoms with E-state index in [0.717, 1.165) is 24.9 Å². The molecule has 2 saturated heterocycles. The smallest absolute Gasteiger partial charge is 0.275 e. The number of likely N-dealkylation sites (N-methyl/N-ethyl adjacent to an activating group) is 2. The molecule has 0 radical (unpaired) electrons. The predicted molar refractivity (Wildman–Crippen MR) is 141 cm³/mol. The van der Waals surface area contributed by atoms with Crippen molar-refractivity contribution in [2.45, 2.75) is 31.8 Å². The van der Waals surface area contributed by atoms with Gasteiger partial charge >= 0.3 is 0 Å². The third kappa shape index (κ3) is 5.03. The highest BCUT2D eigenvalue weighted by atomic mass is 32.1. The Balaban J connectivity index is 1.26. The molecule has 3 aromatic rings. The highest BCUT2D eigenvalue weighted by Gasteiger charge is 2.34. The number of thiazole rings is 1. The van der Waals surface area contributed by atoms with Crippen LogP contribution in [0.1, 0.15) is 62.2 Å². The number of hydrogen-bond donors (Lipinski definition) is 1. The van der Waals surface area contributed by atoms with Gasteiger partial charge in [-0.3, -0.25) is 19.3 Å². The third-order valence-electron chi connectivity index (χ3n) is 7.12. The fourth-order valence-corrected chi connectivity index (χ4v) is 5.85. The van der Waals surface area contributed by atoms with E-state index in [1.807, 2.05) is 24.1 Å². The van der Waals surface area contributed by atoms with E-state index in [9.17, 15) is 18.8 Å². The second-order valence-electron chi connectivity index (χ2n) is 9.71. The lowest BCUT2D eigenvalue weighted by atomic mass is 10.0. The molecule has 0 aliphatic carbocycles. The minimum Gasteiger partial charge on any atom is -0.343 e. The second-order valence-corrected chi connectivity index (χ2v) is 10.6. The molecule has 5 rings (SSSR count). The van der Waals surface area contributed by atoms with E-state index >= 15 is 0 Å². The number of benzene rings is 1. The van der Waals surface area contributed by atoms with Crippen LogP contribution >= 0.6 is 11.3 Å². The van der Waals surface area contributed by atoms with Crippen LogP contribution in [-0.2, 0) is 4.79 Å². The van der Waals surface area contributed by atoms with Crippen molar-refractivity contribution in [2.24, 2.45) is 0 Å². The molecule has 2 fully saturated rings.